The first kappa shape index (κ1) is 15.3. The van der Waals surface area contributed by atoms with Gasteiger partial charge in [0, 0.05) is 31.1 Å². The van der Waals surface area contributed by atoms with Crippen LogP contribution in [0.2, 0.25) is 0 Å². The normalized spacial score (nSPS) is 31.0. The van der Waals surface area contributed by atoms with Crippen molar-refractivity contribution in [2.75, 3.05) is 26.3 Å². The van der Waals surface area contributed by atoms with Gasteiger partial charge in [-0.25, -0.2) is 4.98 Å². The minimum absolute atomic E-state index is 0.0354. The van der Waals surface area contributed by atoms with Gasteiger partial charge in [-0.1, -0.05) is 0 Å². The number of aromatic amines is 1. The number of carbonyl (C=O) groups excluding carboxylic acids is 2. The molecule has 0 bridgehead atoms. The van der Waals surface area contributed by atoms with Crippen LogP contribution >= 0.6 is 0 Å². The molecule has 1 aromatic rings. The Morgan fingerprint density at radius 1 is 1.38 bits per heavy atom. The predicted octanol–water partition coefficient (Wildman–Crippen LogP) is -0.699. The van der Waals surface area contributed by atoms with Crippen LogP contribution in [-0.4, -0.2) is 59.0 Å². The van der Waals surface area contributed by atoms with Crippen molar-refractivity contribution >= 4 is 11.8 Å². The molecular formula is C16H20N4O4. The zero-order valence-corrected chi connectivity index (χ0v) is 13.4. The van der Waals surface area contributed by atoms with Crippen LogP contribution < -0.4 is 10.9 Å². The fourth-order valence-corrected chi connectivity index (χ4v) is 3.84. The minimum Gasteiger partial charge on any atom is -0.381 e. The highest BCUT2D eigenvalue weighted by atomic mass is 16.5. The molecule has 1 aliphatic carbocycles. The van der Waals surface area contributed by atoms with E-state index in [-0.39, 0.29) is 35.0 Å². The second-order valence-corrected chi connectivity index (χ2v) is 6.85. The van der Waals surface area contributed by atoms with Crippen LogP contribution in [0.1, 0.15) is 22.7 Å². The van der Waals surface area contributed by atoms with Gasteiger partial charge in [0.1, 0.15) is 11.5 Å². The van der Waals surface area contributed by atoms with Gasteiger partial charge in [-0.2, -0.15) is 0 Å². The molecule has 1 unspecified atom stereocenters. The molecule has 1 saturated carbocycles. The Hall–Kier alpha value is -2.22. The number of aromatic nitrogens is 2. The topological polar surface area (TPSA) is 104 Å². The number of fused-ring (bicyclic) bond motifs is 1. The lowest BCUT2D eigenvalue weighted by molar-refractivity contribution is -0.124. The quantitative estimate of drug-likeness (QED) is 0.762. The third-order valence-electron chi connectivity index (χ3n) is 5.16. The highest BCUT2D eigenvalue weighted by molar-refractivity contribution is 5.92. The van der Waals surface area contributed by atoms with Crippen molar-refractivity contribution < 1.29 is 14.3 Å². The van der Waals surface area contributed by atoms with E-state index in [1.54, 1.807) is 11.8 Å². The Kier molecular flexibility index (Phi) is 3.64. The zero-order valence-electron chi connectivity index (χ0n) is 13.4. The second kappa shape index (κ2) is 5.70. The van der Waals surface area contributed by atoms with Crippen molar-refractivity contribution in [2.45, 2.75) is 19.4 Å². The Bertz CT molecular complexity index is 736. The Morgan fingerprint density at radius 2 is 2.12 bits per heavy atom. The van der Waals surface area contributed by atoms with Crippen molar-refractivity contribution in [3.63, 3.8) is 0 Å². The van der Waals surface area contributed by atoms with Crippen molar-refractivity contribution in [3.8, 4) is 0 Å². The van der Waals surface area contributed by atoms with E-state index < -0.39 is 0 Å². The standard InChI is InChI=1S/C16H20N4O4/c1-8-17-12(4-13(21)18-8)16(23)20-3-2-9(5-20)19-15(22)14-10-6-24-7-11(10)14/h4,9-11,14H,2-3,5-7H2,1H3,(H,19,22)(H,17,18,21)/t9-,10-,11+,14?/m1/s1. The number of amides is 2. The molecule has 2 aliphatic heterocycles. The lowest BCUT2D eigenvalue weighted by atomic mass is 10.2. The molecule has 0 spiro atoms. The summed E-state index contributed by atoms with van der Waals surface area (Å²) >= 11 is 0. The summed E-state index contributed by atoms with van der Waals surface area (Å²) in [5.41, 5.74) is -0.186. The molecule has 8 nitrogen and oxygen atoms in total. The number of hydrogen-bond acceptors (Lipinski definition) is 5. The molecule has 4 atom stereocenters. The third kappa shape index (κ3) is 2.71. The van der Waals surface area contributed by atoms with E-state index in [9.17, 15) is 14.4 Å². The van der Waals surface area contributed by atoms with Crippen molar-refractivity contribution in [1.29, 1.82) is 0 Å². The number of H-pyrrole nitrogens is 1. The van der Waals surface area contributed by atoms with Crippen molar-refractivity contribution in [1.82, 2.24) is 20.2 Å². The summed E-state index contributed by atoms with van der Waals surface area (Å²) in [4.78, 5) is 44.5. The number of likely N-dealkylation sites (tertiary alicyclic amines) is 1. The van der Waals surface area contributed by atoms with Crippen LogP contribution in [0.4, 0.5) is 0 Å². The molecule has 1 aromatic heterocycles. The monoisotopic (exact) mass is 332 g/mol. The average Bonchev–Trinajstić information content (AvgIpc) is 2.91. The molecule has 128 valence electrons. The molecule has 24 heavy (non-hydrogen) atoms. The van der Waals surface area contributed by atoms with E-state index in [2.05, 4.69) is 15.3 Å². The molecule has 2 saturated heterocycles. The van der Waals surface area contributed by atoms with Crippen LogP contribution in [0.15, 0.2) is 10.9 Å². The van der Waals surface area contributed by atoms with Gasteiger partial charge < -0.3 is 19.9 Å². The molecule has 2 N–H and O–H groups in total. The lowest BCUT2D eigenvalue weighted by Gasteiger charge is -2.17. The largest absolute Gasteiger partial charge is 0.381 e. The van der Waals surface area contributed by atoms with Crippen LogP contribution in [0.25, 0.3) is 0 Å². The van der Waals surface area contributed by atoms with Gasteiger partial charge in [0.2, 0.25) is 5.91 Å². The molecule has 0 radical (unpaired) electrons. The molecule has 3 heterocycles. The van der Waals surface area contributed by atoms with E-state index in [1.807, 2.05) is 0 Å². The van der Waals surface area contributed by atoms with Gasteiger partial charge in [0.25, 0.3) is 11.5 Å². The van der Waals surface area contributed by atoms with Crippen molar-refractivity contribution in [2.24, 2.45) is 17.8 Å². The first-order chi connectivity index (χ1) is 11.5. The second-order valence-electron chi connectivity index (χ2n) is 6.85. The Balaban J connectivity index is 1.35. The summed E-state index contributed by atoms with van der Waals surface area (Å²) in [5, 5.41) is 3.05. The van der Waals surface area contributed by atoms with Gasteiger partial charge in [-0.05, 0) is 25.2 Å². The molecule has 8 heteroatoms. The van der Waals surface area contributed by atoms with Crippen LogP contribution in [0.3, 0.4) is 0 Å². The molecule has 0 aromatic carbocycles. The lowest BCUT2D eigenvalue weighted by Crippen LogP contribution is -2.40. The van der Waals surface area contributed by atoms with Gasteiger partial charge in [-0.15, -0.1) is 0 Å². The highest BCUT2D eigenvalue weighted by Crippen LogP contribution is 2.50. The maximum Gasteiger partial charge on any atom is 0.272 e. The number of rotatable bonds is 3. The molecule has 3 fully saturated rings. The summed E-state index contributed by atoms with van der Waals surface area (Å²) in [6, 6.07) is 1.18. The van der Waals surface area contributed by atoms with E-state index in [0.29, 0.717) is 44.0 Å². The fourth-order valence-electron chi connectivity index (χ4n) is 3.84. The summed E-state index contributed by atoms with van der Waals surface area (Å²) in [6.07, 6.45) is 0.720. The summed E-state index contributed by atoms with van der Waals surface area (Å²) in [7, 11) is 0. The van der Waals surface area contributed by atoms with E-state index in [4.69, 9.17) is 4.74 Å². The zero-order chi connectivity index (χ0) is 16.8. The van der Waals surface area contributed by atoms with E-state index in [1.165, 1.54) is 6.07 Å². The number of ether oxygens (including phenoxy) is 1. The smallest absolute Gasteiger partial charge is 0.272 e. The molecule has 3 aliphatic rings. The first-order valence-electron chi connectivity index (χ1n) is 8.28. The number of aryl methyl sites for hydroxylation is 1. The average molecular weight is 332 g/mol. The summed E-state index contributed by atoms with van der Waals surface area (Å²) < 4.78 is 5.31. The Morgan fingerprint density at radius 3 is 2.83 bits per heavy atom. The van der Waals surface area contributed by atoms with Crippen LogP contribution in [0, 0.1) is 24.7 Å². The number of carbonyl (C=O) groups is 2. The summed E-state index contributed by atoms with van der Waals surface area (Å²) in [6.45, 7) is 4.02. The van der Waals surface area contributed by atoms with Crippen molar-refractivity contribution in [3.05, 3.63) is 27.9 Å². The van der Waals surface area contributed by atoms with E-state index >= 15 is 0 Å². The highest BCUT2D eigenvalue weighted by Gasteiger charge is 2.58. The molecule has 2 amide bonds. The maximum atomic E-state index is 12.5. The van der Waals surface area contributed by atoms with Gasteiger partial charge >= 0.3 is 0 Å². The maximum absolute atomic E-state index is 12.5. The van der Waals surface area contributed by atoms with Crippen LogP contribution in [0.5, 0.6) is 0 Å². The van der Waals surface area contributed by atoms with Gasteiger partial charge in [-0.3, -0.25) is 14.4 Å². The predicted molar refractivity (Wildman–Crippen MR) is 83.3 cm³/mol. The first-order valence-corrected chi connectivity index (χ1v) is 8.28. The fraction of sp³-hybridized carbons (Fsp3) is 0.625. The third-order valence-corrected chi connectivity index (χ3v) is 5.16. The van der Waals surface area contributed by atoms with E-state index in [0.717, 1.165) is 6.42 Å². The molecule has 4 rings (SSSR count). The van der Waals surface area contributed by atoms with Gasteiger partial charge in [0.05, 0.1) is 13.2 Å². The SMILES string of the molecule is Cc1nc(C(=O)N2CC[C@@H](NC(=O)C3[C@H]4COC[C@@H]34)C2)cc(=O)[nH]1. The number of hydrogen-bond donors (Lipinski definition) is 2. The number of nitrogens with one attached hydrogen (secondary N) is 2. The minimum atomic E-state index is -0.336. The van der Waals surface area contributed by atoms with Gasteiger partial charge in [0.15, 0.2) is 0 Å². The Labute approximate surface area is 138 Å². The molecular weight excluding hydrogens is 312 g/mol. The van der Waals surface area contributed by atoms with Crippen LogP contribution in [-0.2, 0) is 9.53 Å². The number of nitrogens with zero attached hydrogens (tertiary/aromatic N) is 2. The summed E-state index contributed by atoms with van der Waals surface area (Å²) in [5.74, 6) is 1.08.